The Morgan fingerprint density at radius 2 is 1.24 bits per heavy atom. The van der Waals surface area contributed by atoms with E-state index in [1.54, 1.807) is 53.1 Å². The van der Waals surface area contributed by atoms with E-state index in [0.717, 1.165) is 33.4 Å². The molecule has 0 unspecified atom stereocenters. The van der Waals surface area contributed by atoms with E-state index in [1.807, 2.05) is 24.3 Å². The van der Waals surface area contributed by atoms with Gasteiger partial charge in [-0.15, -0.1) is 22.7 Å². The molecule has 0 amide bonds. The first-order valence-electron chi connectivity index (χ1n) is 15.7. The van der Waals surface area contributed by atoms with Crippen LogP contribution in [0.5, 0.6) is 11.5 Å². The lowest BCUT2D eigenvalue weighted by Gasteiger charge is -2.23. The van der Waals surface area contributed by atoms with Crippen LogP contribution in [0, 0.1) is 0 Å². The maximum Gasteiger partial charge on any atom is 0.298 e. The standard InChI is InChI=1S/C39H27N5O4S2/c1-2-43-34-21-36(49-38(34)39-35(43)22-37(50-39)44(26-9-5-3-6-10-26)27-11-7-4-8-12-27)25-13-15-40-30(17-25)32-19-29(48-24-46)20-33(42-32)31-18-28(47-23-45)14-16-41-31/h3-24H,2H2,1H3. The highest BCUT2D eigenvalue weighted by Gasteiger charge is 2.22. The molecule has 11 heteroatoms. The number of hydrogen-bond acceptors (Lipinski definition) is 10. The molecule has 0 bridgehead atoms. The molecule has 244 valence electrons. The zero-order valence-electron chi connectivity index (χ0n) is 26.6. The van der Waals surface area contributed by atoms with Crippen molar-refractivity contribution in [3.8, 4) is 44.7 Å². The van der Waals surface area contributed by atoms with Gasteiger partial charge in [-0.1, -0.05) is 36.4 Å². The van der Waals surface area contributed by atoms with Crippen LogP contribution in [0.15, 0.2) is 122 Å². The summed E-state index contributed by atoms with van der Waals surface area (Å²) in [7, 11) is 0. The summed E-state index contributed by atoms with van der Waals surface area (Å²) >= 11 is 3.55. The number of rotatable bonds is 11. The lowest BCUT2D eigenvalue weighted by molar-refractivity contribution is -0.121. The van der Waals surface area contributed by atoms with E-state index in [2.05, 4.69) is 87.0 Å². The molecule has 0 aliphatic carbocycles. The molecule has 0 atom stereocenters. The minimum absolute atomic E-state index is 0.283. The van der Waals surface area contributed by atoms with Gasteiger partial charge in [0.25, 0.3) is 12.9 Å². The summed E-state index contributed by atoms with van der Waals surface area (Å²) in [4.78, 5) is 39.4. The van der Waals surface area contributed by atoms with Crippen LogP contribution in [0.3, 0.4) is 0 Å². The molecule has 0 spiro atoms. The van der Waals surface area contributed by atoms with Crippen LogP contribution in [0.1, 0.15) is 6.92 Å². The number of fused-ring (bicyclic) bond motifs is 3. The van der Waals surface area contributed by atoms with Gasteiger partial charge in [-0.25, -0.2) is 4.98 Å². The third-order valence-electron chi connectivity index (χ3n) is 8.23. The number of carbonyl (C=O) groups is 2. The van der Waals surface area contributed by atoms with Gasteiger partial charge >= 0.3 is 0 Å². The van der Waals surface area contributed by atoms with E-state index < -0.39 is 0 Å². The zero-order chi connectivity index (χ0) is 34.0. The molecule has 0 N–H and O–H groups in total. The molecule has 2 aromatic carbocycles. The first-order chi connectivity index (χ1) is 24.6. The molecule has 0 saturated heterocycles. The number of benzene rings is 2. The fraction of sp³-hybridized carbons (Fsp3) is 0.0513. The molecule has 8 aromatic rings. The lowest BCUT2D eigenvalue weighted by Crippen LogP contribution is -2.07. The van der Waals surface area contributed by atoms with Gasteiger partial charge in [0.2, 0.25) is 0 Å². The number of anilines is 3. The highest BCUT2D eigenvalue weighted by atomic mass is 32.1. The number of para-hydroxylation sites is 2. The van der Waals surface area contributed by atoms with Crippen LogP contribution >= 0.6 is 22.7 Å². The van der Waals surface area contributed by atoms with Crippen LogP contribution in [0.2, 0.25) is 0 Å². The maximum absolute atomic E-state index is 11.3. The van der Waals surface area contributed by atoms with Crippen LogP contribution in [0.25, 0.3) is 53.6 Å². The number of ether oxygens (including phenoxy) is 2. The summed E-state index contributed by atoms with van der Waals surface area (Å²) in [6.45, 7) is 3.72. The van der Waals surface area contributed by atoms with E-state index in [9.17, 15) is 9.59 Å². The SMILES string of the molecule is CCn1c2cc(-c3ccnc(-c4cc(OC=O)cc(-c5cc(OC=O)ccn5)n4)c3)sc2c2sc(N(c3ccccc3)c3ccccc3)cc21. The number of thiophene rings is 2. The monoisotopic (exact) mass is 693 g/mol. The van der Waals surface area contributed by atoms with Gasteiger partial charge in [-0.2, -0.15) is 0 Å². The average Bonchev–Trinajstić information content (AvgIpc) is 3.85. The van der Waals surface area contributed by atoms with Gasteiger partial charge in [0, 0.05) is 53.4 Å². The molecule has 0 radical (unpaired) electrons. The van der Waals surface area contributed by atoms with Crippen LogP contribution in [0.4, 0.5) is 16.4 Å². The Hall–Kier alpha value is -6.17. The first-order valence-corrected chi connectivity index (χ1v) is 17.4. The second-order valence-electron chi connectivity index (χ2n) is 11.2. The summed E-state index contributed by atoms with van der Waals surface area (Å²) in [6, 6.07) is 35.8. The van der Waals surface area contributed by atoms with Crippen LogP contribution < -0.4 is 14.4 Å². The first kappa shape index (κ1) is 31.1. The van der Waals surface area contributed by atoms with Gasteiger partial charge in [-0.3, -0.25) is 19.6 Å². The number of nitrogens with zero attached hydrogens (tertiary/aromatic N) is 5. The molecule has 0 fully saturated rings. The predicted molar refractivity (Wildman–Crippen MR) is 199 cm³/mol. The topological polar surface area (TPSA) is 99.4 Å². The van der Waals surface area contributed by atoms with Crippen molar-refractivity contribution in [3.63, 3.8) is 0 Å². The summed E-state index contributed by atoms with van der Waals surface area (Å²) in [5.74, 6) is 0.599. The third kappa shape index (κ3) is 5.78. The Balaban J connectivity index is 1.20. The van der Waals surface area contributed by atoms with Crippen molar-refractivity contribution in [2.24, 2.45) is 0 Å². The van der Waals surface area contributed by atoms with Gasteiger partial charge < -0.3 is 18.9 Å². The van der Waals surface area contributed by atoms with Crippen molar-refractivity contribution in [3.05, 3.63) is 122 Å². The quantitative estimate of drug-likeness (QED) is 0.124. The van der Waals surface area contributed by atoms with Crippen LogP contribution in [-0.2, 0) is 16.1 Å². The number of carbonyl (C=O) groups excluding carboxylic acids is 2. The molecule has 6 heterocycles. The zero-order valence-corrected chi connectivity index (χ0v) is 28.2. The summed E-state index contributed by atoms with van der Waals surface area (Å²) in [5, 5.41) is 1.15. The Labute approximate surface area is 294 Å². The Bertz CT molecular complexity index is 2450. The van der Waals surface area contributed by atoms with Crippen molar-refractivity contribution in [2.75, 3.05) is 4.90 Å². The smallest absolute Gasteiger partial charge is 0.298 e. The van der Waals surface area contributed by atoms with Crippen molar-refractivity contribution in [1.82, 2.24) is 19.5 Å². The normalized spacial score (nSPS) is 11.1. The van der Waals surface area contributed by atoms with Crippen LogP contribution in [-0.4, -0.2) is 32.5 Å². The highest BCUT2D eigenvalue weighted by molar-refractivity contribution is 7.30. The number of pyridine rings is 3. The maximum atomic E-state index is 11.3. The van der Waals surface area contributed by atoms with Crippen molar-refractivity contribution >= 4 is 72.4 Å². The number of hydrogen-bond donors (Lipinski definition) is 0. The molecule has 6 aromatic heterocycles. The highest BCUT2D eigenvalue weighted by Crippen LogP contribution is 2.48. The fourth-order valence-corrected chi connectivity index (χ4v) is 8.56. The second kappa shape index (κ2) is 13.4. The predicted octanol–water partition coefficient (Wildman–Crippen LogP) is 9.66. The number of aryl methyl sites for hydroxylation is 1. The molecule has 50 heavy (non-hydrogen) atoms. The van der Waals surface area contributed by atoms with E-state index >= 15 is 0 Å². The number of aromatic nitrogens is 4. The van der Waals surface area contributed by atoms with Gasteiger partial charge in [0.15, 0.2) is 0 Å². The van der Waals surface area contributed by atoms with E-state index in [1.165, 1.54) is 26.6 Å². The average molecular weight is 694 g/mol. The largest absolute Gasteiger partial charge is 0.429 e. The Morgan fingerprint density at radius 3 is 1.90 bits per heavy atom. The lowest BCUT2D eigenvalue weighted by atomic mass is 10.1. The second-order valence-corrected chi connectivity index (χ2v) is 13.3. The molecule has 0 saturated carbocycles. The minimum atomic E-state index is 0.283. The Kier molecular flexibility index (Phi) is 8.33. The van der Waals surface area contributed by atoms with Crippen molar-refractivity contribution in [2.45, 2.75) is 13.5 Å². The van der Waals surface area contributed by atoms with E-state index in [-0.39, 0.29) is 5.75 Å². The summed E-state index contributed by atoms with van der Waals surface area (Å²) < 4.78 is 15.1. The van der Waals surface area contributed by atoms with Gasteiger partial charge in [0.1, 0.15) is 16.5 Å². The van der Waals surface area contributed by atoms with E-state index in [4.69, 9.17) is 14.5 Å². The van der Waals surface area contributed by atoms with Gasteiger partial charge in [0.05, 0.1) is 43.2 Å². The third-order valence-corrected chi connectivity index (χ3v) is 10.7. The Morgan fingerprint density at radius 1 is 0.660 bits per heavy atom. The van der Waals surface area contributed by atoms with Crippen molar-refractivity contribution < 1.29 is 19.1 Å². The molecule has 8 rings (SSSR count). The molecule has 0 aliphatic rings. The fourth-order valence-electron chi connectivity index (χ4n) is 6.05. The van der Waals surface area contributed by atoms with Gasteiger partial charge in [-0.05, 0) is 67.1 Å². The minimum Gasteiger partial charge on any atom is -0.429 e. The summed E-state index contributed by atoms with van der Waals surface area (Å²) in [5.41, 5.74) is 7.57. The molecule has 0 aliphatic heterocycles. The molecular formula is C39H27N5O4S2. The summed E-state index contributed by atoms with van der Waals surface area (Å²) in [6.07, 6.45) is 3.27. The van der Waals surface area contributed by atoms with Crippen molar-refractivity contribution in [1.29, 1.82) is 0 Å². The van der Waals surface area contributed by atoms with E-state index in [0.29, 0.717) is 41.5 Å². The molecule has 9 nitrogen and oxygen atoms in total. The molecular weight excluding hydrogens is 667 g/mol.